The van der Waals surface area contributed by atoms with Crippen LogP contribution in [0.4, 0.5) is 5.69 Å². The molecular weight excluding hydrogens is 202 g/mol. The van der Waals surface area contributed by atoms with Gasteiger partial charge in [-0.15, -0.1) is 0 Å². The second kappa shape index (κ2) is 4.44. The maximum atomic E-state index is 11.7. The van der Waals surface area contributed by atoms with E-state index in [4.69, 9.17) is 5.73 Å². The SMILES string of the molecule is Nc1ccc[n+](/N=C(/[O-])c2ccccc2)c1. The topological polar surface area (TPSA) is 65.3 Å². The summed E-state index contributed by atoms with van der Waals surface area (Å²) in [6.45, 7) is 0. The van der Waals surface area contributed by atoms with Gasteiger partial charge in [-0.05, 0) is 16.7 Å². The molecule has 0 atom stereocenters. The smallest absolute Gasteiger partial charge is 0.225 e. The quantitative estimate of drug-likeness (QED) is 0.437. The van der Waals surface area contributed by atoms with E-state index in [-0.39, 0.29) is 5.90 Å². The van der Waals surface area contributed by atoms with Crippen LogP contribution in [-0.2, 0) is 0 Å². The Labute approximate surface area is 93.3 Å². The summed E-state index contributed by atoms with van der Waals surface area (Å²) in [5.74, 6) is -0.295. The predicted octanol–water partition coefficient (Wildman–Crippen LogP) is 0.126. The molecule has 0 saturated carbocycles. The summed E-state index contributed by atoms with van der Waals surface area (Å²) in [6.07, 6.45) is 3.25. The molecular formula is C12H11N3O. The van der Waals surface area contributed by atoms with Crippen molar-refractivity contribution in [1.82, 2.24) is 0 Å². The molecule has 0 spiro atoms. The van der Waals surface area contributed by atoms with Crippen molar-refractivity contribution in [2.24, 2.45) is 5.10 Å². The molecule has 0 fully saturated rings. The summed E-state index contributed by atoms with van der Waals surface area (Å²) < 4.78 is 1.41. The number of rotatable bonds is 2. The average Bonchev–Trinajstić information content (AvgIpc) is 2.30. The van der Waals surface area contributed by atoms with E-state index in [2.05, 4.69) is 5.10 Å². The van der Waals surface area contributed by atoms with Gasteiger partial charge in [-0.2, -0.15) is 0 Å². The number of hydrogen-bond acceptors (Lipinski definition) is 3. The van der Waals surface area contributed by atoms with Crippen molar-refractivity contribution in [2.45, 2.75) is 0 Å². The Morgan fingerprint density at radius 2 is 1.88 bits per heavy atom. The van der Waals surface area contributed by atoms with Gasteiger partial charge in [0.25, 0.3) is 0 Å². The minimum absolute atomic E-state index is 0.295. The first-order valence-electron chi connectivity index (χ1n) is 4.84. The minimum atomic E-state index is -0.295. The zero-order valence-electron chi connectivity index (χ0n) is 8.58. The normalized spacial score (nSPS) is 11.4. The summed E-state index contributed by atoms with van der Waals surface area (Å²) in [6, 6.07) is 12.4. The maximum absolute atomic E-state index is 11.7. The van der Waals surface area contributed by atoms with E-state index in [0.29, 0.717) is 11.3 Å². The summed E-state index contributed by atoms with van der Waals surface area (Å²) >= 11 is 0. The van der Waals surface area contributed by atoms with Crippen LogP contribution in [0.3, 0.4) is 0 Å². The molecule has 0 saturated heterocycles. The molecule has 0 bridgehead atoms. The third-order valence-electron chi connectivity index (χ3n) is 2.04. The maximum Gasteiger partial charge on any atom is 0.225 e. The Morgan fingerprint density at radius 1 is 1.12 bits per heavy atom. The van der Waals surface area contributed by atoms with Gasteiger partial charge in [-0.1, -0.05) is 35.0 Å². The van der Waals surface area contributed by atoms with Crippen molar-refractivity contribution in [3.63, 3.8) is 0 Å². The molecule has 16 heavy (non-hydrogen) atoms. The van der Waals surface area contributed by atoms with Gasteiger partial charge in [-0.25, -0.2) is 0 Å². The van der Waals surface area contributed by atoms with Crippen LogP contribution in [-0.4, -0.2) is 5.90 Å². The molecule has 0 aliphatic carbocycles. The standard InChI is InChI=1S/C12H11N3O/c13-11-7-4-8-15(9-11)14-12(16)10-5-2-1-3-6-10/h1-9H,13H2. The Kier molecular flexibility index (Phi) is 2.82. The van der Waals surface area contributed by atoms with Crippen LogP contribution >= 0.6 is 0 Å². The van der Waals surface area contributed by atoms with E-state index >= 15 is 0 Å². The third-order valence-corrected chi connectivity index (χ3v) is 2.04. The van der Waals surface area contributed by atoms with E-state index in [9.17, 15) is 5.11 Å². The Morgan fingerprint density at radius 3 is 2.56 bits per heavy atom. The molecule has 0 amide bonds. The van der Waals surface area contributed by atoms with Crippen LogP contribution in [0.5, 0.6) is 0 Å². The first-order valence-corrected chi connectivity index (χ1v) is 4.84. The highest BCUT2D eigenvalue weighted by atomic mass is 16.3. The summed E-state index contributed by atoms with van der Waals surface area (Å²) in [5, 5.41) is 15.6. The Bertz CT molecular complexity index is 509. The highest BCUT2D eigenvalue weighted by Gasteiger charge is 1.99. The molecule has 2 rings (SSSR count). The fourth-order valence-corrected chi connectivity index (χ4v) is 1.29. The molecule has 0 aliphatic rings. The zero-order valence-corrected chi connectivity index (χ0v) is 8.58. The second-order valence-electron chi connectivity index (χ2n) is 3.29. The number of nitrogens with zero attached hydrogens (tertiary/aromatic N) is 2. The van der Waals surface area contributed by atoms with Crippen LogP contribution in [0.2, 0.25) is 0 Å². The molecule has 2 aromatic rings. The van der Waals surface area contributed by atoms with Crippen molar-refractivity contribution in [3.8, 4) is 0 Å². The van der Waals surface area contributed by atoms with Gasteiger partial charge in [0.05, 0.1) is 11.6 Å². The zero-order chi connectivity index (χ0) is 11.4. The third kappa shape index (κ3) is 2.36. The molecule has 80 valence electrons. The summed E-state index contributed by atoms with van der Waals surface area (Å²) in [7, 11) is 0. The van der Waals surface area contributed by atoms with E-state index in [1.165, 1.54) is 4.68 Å². The number of nitrogen functional groups attached to an aromatic ring is 1. The molecule has 1 heterocycles. The fraction of sp³-hybridized carbons (Fsp3) is 0. The number of pyridine rings is 1. The number of aromatic nitrogens is 1. The van der Waals surface area contributed by atoms with Gasteiger partial charge < -0.3 is 10.8 Å². The molecule has 0 aliphatic heterocycles. The van der Waals surface area contributed by atoms with Crippen molar-refractivity contribution in [3.05, 3.63) is 60.4 Å². The number of benzene rings is 1. The van der Waals surface area contributed by atoms with Crippen LogP contribution < -0.4 is 15.5 Å². The van der Waals surface area contributed by atoms with Crippen LogP contribution in [0.15, 0.2) is 60.0 Å². The molecule has 0 radical (unpaired) electrons. The van der Waals surface area contributed by atoms with Crippen molar-refractivity contribution >= 4 is 11.6 Å². The van der Waals surface area contributed by atoms with Gasteiger partial charge in [-0.3, -0.25) is 0 Å². The molecule has 2 N–H and O–H groups in total. The van der Waals surface area contributed by atoms with Gasteiger partial charge in [0.2, 0.25) is 12.4 Å². The molecule has 1 aromatic heterocycles. The Balaban J connectivity index is 2.32. The lowest BCUT2D eigenvalue weighted by Crippen LogP contribution is -2.33. The molecule has 1 aromatic carbocycles. The lowest BCUT2D eigenvalue weighted by molar-refractivity contribution is -0.680. The molecule has 0 unspecified atom stereocenters. The second-order valence-corrected chi connectivity index (χ2v) is 3.29. The summed E-state index contributed by atoms with van der Waals surface area (Å²) in [4.78, 5) is 0. The van der Waals surface area contributed by atoms with E-state index in [0.717, 1.165) is 0 Å². The highest BCUT2D eigenvalue weighted by Crippen LogP contribution is 1.97. The first kappa shape index (κ1) is 10.2. The van der Waals surface area contributed by atoms with Gasteiger partial charge in [0, 0.05) is 6.07 Å². The monoisotopic (exact) mass is 213 g/mol. The largest absolute Gasteiger partial charge is 0.854 e. The highest BCUT2D eigenvalue weighted by molar-refractivity contribution is 5.89. The lowest BCUT2D eigenvalue weighted by atomic mass is 10.2. The fourth-order valence-electron chi connectivity index (χ4n) is 1.29. The molecule has 4 heteroatoms. The number of nitrogens with two attached hydrogens (primary N) is 1. The molecule has 4 nitrogen and oxygen atoms in total. The van der Waals surface area contributed by atoms with Crippen molar-refractivity contribution in [1.29, 1.82) is 0 Å². The number of hydrogen-bond donors (Lipinski definition) is 1. The van der Waals surface area contributed by atoms with Crippen LogP contribution in [0, 0.1) is 0 Å². The van der Waals surface area contributed by atoms with Crippen LogP contribution in [0.1, 0.15) is 5.56 Å². The van der Waals surface area contributed by atoms with E-state index in [1.807, 2.05) is 6.07 Å². The van der Waals surface area contributed by atoms with Crippen molar-refractivity contribution in [2.75, 3.05) is 5.73 Å². The first-order chi connectivity index (χ1) is 7.75. The van der Waals surface area contributed by atoms with Gasteiger partial charge in [0.15, 0.2) is 0 Å². The number of anilines is 1. The average molecular weight is 213 g/mol. The lowest BCUT2D eigenvalue weighted by Gasteiger charge is -2.05. The summed E-state index contributed by atoms with van der Waals surface area (Å²) in [5.41, 5.74) is 6.70. The van der Waals surface area contributed by atoms with Gasteiger partial charge >= 0.3 is 0 Å². The van der Waals surface area contributed by atoms with E-state index < -0.39 is 0 Å². The van der Waals surface area contributed by atoms with Gasteiger partial charge in [0.1, 0.15) is 0 Å². The van der Waals surface area contributed by atoms with Crippen LogP contribution in [0.25, 0.3) is 0 Å². The van der Waals surface area contributed by atoms with E-state index in [1.54, 1.807) is 48.8 Å². The predicted molar refractivity (Wildman–Crippen MR) is 59.4 cm³/mol. The van der Waals surface area contributed by atoms with Crippen molar-refractivity contribution < 1.29 is 9.78 Å². The minimum Gasteiger partial charge on any atom is -0.854 e. The Hall–Kier alpha value is -2.36.